The lowest BCUT2D eigenvalue weighted by Crippen LogP contribution is -2.12. The van der Waals surface area contributed by atoms with Crippen LogP contribution >= 0.6 is 0 Å². The smallest absolute Gasteiger partial charge is 0.356 e. The van der Waals surface area contributed by atoms with Crippen molar-refractivity contribution in [2.75, 3.05) is 0 Å². The molecular formula is C11H8N4O5. The van der Waals surface area contributed by atoms with Gasteiger partial charge >= 0.3 is 5.97 Å². The molecule has 0 aliphatic carbocycles. The molecule has 2 rings (SSSR count). The number of carboxylic acids is 1. The van der Waals surface area contributed by atoms with Crippen LogP contribution in [0.5, 0.6) is 0 Å². The molecule has 3 N–H and O–H groups in total. The molecule has 20 heavy (non-hydrogen) atoms. The summed E-state index contributed by atoms with van der Waals surface area (Å²) in [6, 6.07) is 3.54. The Morgan fingerprint density at radius 2 is 2.10 bits per heavy atom. The number of hydrogen-bond donors (Lipinski definition) is 2. The maximum atomic E-state index is 11.1. The summed E-state index contributed by atoms with van der Waals surface area (Å²) < 4.78 is 1.15. The van der Waals surface area contributed by atoms with Crippen molar-refractivity contribution in [3.8, 4) is 5.69 Å². The maximum Gasteiger partial charge on any atom is 0.356 e. The number of imidazole rings is 1. The van der Waals surface area contributed by atoms with Crippen LogP contribution in [0.25, 0.3) is 5.69 Å². The fourth-order valence-corrected chi connectivity index (χ4v) is 1.60. The Balaban J connectivity index is 2.62. The molecule has 2 aromatic rings. The van der Waals surface area contributed by atoms with Crippen molar-refractivity contribution >= 4 is 17.6 Å². The van der Waals surface area contributed by atoms with E-state index in [1.54, 1.807) is 0 Å². The molecule has 1 heterocycles. The van der Waals surface area contributed by atoms with Crippen LogP contribution in [0.3, 0.4) is 0 Å². The first-order valence-electron chi connectivity index (χ1n) is 5.26. The molecule has 0 atom stereocenters. The number of aromatic carboxylic acids is 1. The van der Waals surface area contributed by atoms with E-state index in [1.807, 2.05) is 0 Å². The van der Waals surface area contributed by atoms with Crippen molar-refractivity contribution in [1.29, 1.82) is 0 Å². The first-order valence-corrected chi connectivity index (χ1v) is 5.26. The van der Waals surface area contributed by atoms with Gasteiger partial charge in [0.05, 0.1) is 4.92 Å². The zero-order valence-electron chi connectivity index (χ0n) is 9.89. The van der Waals surface area contributed by atoms with Crippen molar-refractivity contribution in [1.82, 2.24) is 9.55 Å². The number of aromatic nitrogens is 2. The summed E-state index contributed by atoms with van der Waals surface area (Å²) >= 11 is 0. The quantitative estimate of drug-likeness (QED) is 0.617. The van der Waals surface area contributed by atoms with Gasteiger partial charge in [-0.15, -0.1) is 0 Å². The van der Waals surface area contributed by atoms with Gasteiger partial charge in [-0.2, -0.15) is 0 Å². The lowest BCUT2D eigenvalue weighted by atomic mass is 10.1. The molecule has 102 valence electrons. The van der Waals surface area contributed by atoms with Crippen molar-refractivity contribution in [3.05, 3.63) is 52.1 Å². The van der Waals surface area contributed by atoms with Gasteiger partial charge in [-0.3, -0.25) is 19.5 Å². The fraction of sp³-hybridized carbons (Fsp3) is 0. The van der Waals surface area contributed by atoms with E-state index >= 15 is 0 Å². The van der Waals surface area contributed by atoms with Gasteiger partial charge in [-0.25, -0.2) is 9.78 Å². The van der Waals surface area contributed by atoms with Crippen LogP contribution in [0.4, 0.5) is 5.69 Å². The summed E-state index contributed by atoms with van der Waals surface area (Å²) in [6.07, 6.45) is 2.21. The van der Waals surface area contributed by atoms with E-state index < -0.39 is 16.8 Å². The number of benzene rings is 1. The van der Waals surface area contributed by atoms with Crippen molar-refractivity contribution in [2.45, 2.75) is 0 Å². The van der Waals surface area contributed by atoms with Crippen LogP contribution < -0.4 is 5.73 Å². The lowest BCUT2D eigenvalue weighted by Gasteiger charge is -2.05. The Kier molecular flexibility index (Phi) is 3.17. The number of hydrogen-bond acceptors (Lipinski definition) is 5. The minimum Gasteiger partial charge on any atom is -0.476 e. The highest BCUT2D eigenvalue weighted by Gasteiger charge is 2.18. The average molecular weight is 276 g/mol. The molecule has 0 aliphatic heterocycles. The normalized spacial score (nSPS) is 10.2. The minimum absolute atomic E-state index is 0.00583. The molecule has 0 bridgehead atoms. The minimum atomic E-state index is -1.27. The van der Waals surface area contributed by atoms with Gasteiger partial charge in [0.2, 0.25) is 5.91 Å². The van der Waals surface area contributed by atoms with E-state index in [2.05, 4.69) is 4.98 Å². The number of nitrogens with two attached hydrogens (primary N) is 1. The number of carbonyl (C=O) groups excluding carboxylic acids is 1. The van der Waals surface area contributed by atoms with Gasteiger partial charge in [0.25, 0.3) is 5.69 Å². The number of primary amides is 1. The summed E-state index contributed by atoms with van der Waals surface area (Å²) in [7, 11) is 0. The van der Waals surface area contributed by atoms with Gasteiger partial charge in [0.1, 0.15) is 12.0 Å². The first kappa shape index (κ1) is 13.2. The molecule has 0 fully saturated rings. The van der Waals surface area contributed by atoms with E-state index in [1.165, 1.54) is 12.1 Å². The molecule has 0 radical (unpaired) electrons. The standard InChI is InChI=1S/C11H8N4O5/c12-10(16)6-1-2-8(15(19)20)9(3-6)14-4-7(11(17)18)13-5-14/h1-5H,(H2,12,16)(H,17,18). The predicted molar refractivity (Wildman–Crippen MR) is 65.7 cm³/mol. The summed E-state index contributed by atoms with van der Waals surface area (Å²) in [4.78, 5) is 35.8. The molecule has 1 amide bonds. The summed E-state index contributed by atoms with van der Waals surface area (Å²) in [6.45, 7) is 0. The number of nitrogens with zero attached hydrogens (tertiary/aromatic N) is 3. The lowest BCUT2D eigenvalue weighted by molar-refractivity contribution is -0.384. The summed E-state index contributed by atoms with van der Waals surface area (Å²) in [5.41, 5.74) is 4.61. The first-order chi connectivity index (χ1) is 9.40. The second-order valence-electron chi connectivity index (χ2n) is 3.80. The van der Waals surface area contributed by atoms with Gasteiger partial charge < -0.3 is 10.8 Å². The second kappa shape index (κ2) is 4.80. The molecule has 1 aromatic heterocycles. The van der Waals surface area contributed by atoms with Crippen LogP contribution in [0, 0.1) is 10.1 Å². The van der Waals surface area contributed by atoms with Crippen LogP contribution in [0.15, 0.2) is 30.7 Å². The molecule has 9 nitrogen and oxygen atoms in total. The van der Waals surface area contributed by atoms with Gasteiger partial charge in [0.15, 0.2) is 5.69 Å². The Hall–Kier alpha value is -3.23. The molecule has 0 aliphatic rings. The Labute approximate surface area is 111 Å². The summed E-state index contributed by atoms with van der Waals surface area (Å²) in [5, 5.41) is 19.7. The Morgan fingerprint density at radius 1 is 1.40 bits per heavy atom. The third-order valence-corrected chi connectivity index (χ3v) is 2.54. The van der Waals surface area contributed by atoms with Crippen LogP contribution in [-0.2, 0) is 0 Å². The van der Waals surface area contributed by atoms with E-state index in [-0.39, 0.29) is 22.6 Å². The summed E-state index contributed by atoms with van der Waals surface area (Å²) in [5.74, 6) is -2.02. The number of nitro groups is 1. The largest absolute Gasteiger partial charge is 0.476 e. The third kappa shape index (κ3) is 2.32. The molecule has 0 saturated carbocycles. The molecule has 1 aromatic carbocycles. The van der Waals surface area contributed by atoms with E-state index in [9.17, 15) is 19.7 Å². The zero-order chi connectivity index (χ0) is 14.9. The molecule has 9 heteroatoms. The Bertz CT molecular complexity index is 721. The maximum absolute atomic E-state index is 11.1. The molecular weight excluding hydrogens is 268 g/mol. The van der Waals surface area contributed by atoms with Gasteiger partial charge in [0, 0.05) is 17.8 Å². The van der Waals surface area contributed by atoms with Crippen molar-refractivity contribution < 1.29 is 19.6 Å². The van der Waals surface area contributed by atoms with Crippen molar-refractivity contribution in [2.24, 2.45) is 5.73 Å². The highest BCUT2D eigenvalue weighted by Crippen LogP contribution is 2.24. The number of nitro benzene ring substituents is 1. The fourth-order valence-electron chi connectivity index (χ4n) is 1.60. The SMILES string of the molecule is NC(=O)c1ccc([N+](=O)[O-])c(-n2cnc(C(=O)O)c2)c1. The number of amides is 1. The van der Waals surface area contributed by atoms with Crippen LogP contribution in [0.2, 0.25) is 0 Å². The monoisotopic (exact) mass is 276 g/mol. The number of carbonyl (C=O) groups is 2. The number of carboxylic acid groups (broad SMARTS) is 1. The van der Waals surface area contributed by atoms with Gasteiger partial charge in [-0.1, -0.05) is 0 Å². The predicted octanol–water partition coefficient (Wildman–Crippen LogP) is 0.578. The molecule has 0 unspecified atom stereocenters. The topological polar surface area (TPSA) is 141 Å². The average Bonchev–Trinajstić information content (AvgIpc) is 2.87. The highest BCUT2D eigenvalue weighted by atomic mass is 16.6. The Morgan fingerprint density at radius 3 is 2.60 bits per heavy atom. The van der Waals surface area contributed by atoms with Gasteiger partial charge in [-0.05, 0) is 12.1 Å². The molecule has 0 spiro atoms. The van der Waals surface area contributed by atoms with Crippen molar-refractivity contribution in [3.63, 3.8) is 0 Å². The van der Waals surface area contributed by atoms with E-state index in [0.29, 0.717) is 0 Å². The number of rotatable bonds is 4. The van der Waals surface area contributed by atoms with Crippen LogP contribution in [-0.4, -0.2) is 31.5 Å². The third-order valence-electron chi connectivity index (χ3n) is 2.54. The highest BCUT2D eigenvalue weighted by molar-refractivity contribution is 5.94. The second-order valence-corrected chi connectivity index (χ2v) is 3.80. The van der Waals surface area contributed by atoms with E-state index in [4.69, 9.17) is 10.8 Å². The van der Waals surface area contributed by atoms with Crippen LogP contribution in [0.1, 0.15) is 20.8 Å². The van der Waals surface area contributed by atoms with E-state index in [0.717, 1.165) is 23.2 Å². The zero-order valence-corrected chi connectivity index (χ0v) is 9.89. The molecule has 0 saturated heterocycles.